The van der Waals surface area contributed by atoms with Crippen molar-refractivity contribution in [3.63, 3.8) is 0 Å². The summed E-state index contributed by atoms with van der Waals surface area (Å²) in [4.78, 5) is 20.7. The Bertz CT molecular complexity index is 255. The number of likely N-dealkylation sites (N-methyl/N-ethyl adjacent to an activating group) is 3. The molecule has 1 heterocycles. The molecule has 0 aromatic heterocycles. The summed E-state index contributed by atoms with van der Waals surface area (Å²) in [6.07, 6.45) is 1.04. The van der Waals surface area contributed by atoms with E-state index in [0.29, 0.717) is 6.54 Å². The van der Waals surface area contributed by atoms with E-state index in [4.69, 9.17) is 0 Å². The Morgan fingerprint density at radius 1 is 0.619 bits per heavy atom. The Balaban J connectivity index is 2.62. The normalized spacial score (nSPS) is 22.6. The van der Waals surface area contributed by atoms with E-state index in [1.165, 1.54) is 0 Å². The second-order valence-corrected chi connectivity index (χ2v) is 5.77. The Morgan fingerprint density at radius 2 is 0.905 bits per heavy atom. The fraction of sp³-hybridized carbons (Fsp3) is 0.938. The predicted molar refractivity (Wildman–Crippen MR) is 88.8 cm³/mol. The zero-order valence-corrected chi connectivity index (χ0v) is 14.3. The van der Waals surface area contributed by atoms with Gasteiger partial charge in [0.25, 0.3) is 0 Å². The van der Waals surface area contributed by atoms with Gasteiger partial charge in [-0.05, 0) is 19.6 Å². The highest BCUT2D eigenvalue weighted by molar-refractivity contribution is 5.51. The molecule has 0 aromatic rings. The van der Waals surface area contributed by atoms with E-state index in [2.05, 4.69) is 40.4 Å². The number of hydrogen-bond donors (Lipinski definition) is 0. The average Bonchev–Trinajstić information content (AvgIpc) is 2.50. The van der Waals surface area contributed by atoms with Crippen molar-refractivity contribution < 1.29 is 4.79 Å². The van der Waals surface area contributed by atoms with Gasteiger partial charge in [-0.1, -0.05) is 20.8 Å². The van der Waals surface area contributed by atoms with Gasteiger partial charge in [-0.15, -0.1) is 0 Å². The number of carbonyl (C=O) groups excluding carboxylic acids is 1. The van der Waals surface area contributed by atoms with E-state index in [1.807, 2.05) is 0 Å². The van der Waals surface area contributed by atoms with Crippen LogP contribution in [-0.4, -0.2) is 104 Å². The molecule has 0 saturated carbocycles. The zero-order valence-electron chi connectivity index (χ0n) is 14.3. The van der Waals surface area contributed by atoms with E-state index >= 15 is 0 Å². The zero-order chi connectivity index (χ0) is 15.5. The Hall–Kier alpha value is -0.490. The summed E-state index contributed by atoms with van der Waals surface area (Å²) in [5.41, 5.74) is 0. The largest absolute Gasteiger partial charge is 0.302 e. The number of hydrogen-bond acceptors (Lipinski definition) is 5. The van der Waals surface area contributed by atoms with Crippen molar-refractivity contribution in [1.29, 1.82) is 0 Å². The van der Waals surface area contributed by atoms with E-state index in [1.54, 1.807) is 0 Å². The Labute approximate surface area is 130 Å². The molecule has 1 rings (SSSR count). The van der Waals surface area contributed by atoms with Crippen LogP contribution in [0.25, 0.3) is 0 Å². The molecule has 1 aliphatic rings. The third-order valence-electron chi connectivity index (χ3n) is 4.60. The van der Waals surface area contributed by atoms with Crippen LogP contribution in [0, 0.1) is 0 Å². The van der Waals surface area contributed by atoms with Crippen LogP contribution in [0.5, 0.6) is 0 Å². The summed E-state index contributed by atoms with van der Waals surface area (Å²) < 4.78 is 0. The topological polar surface area (TPSA) is 30.0 Å². The molecule has 0 N–H and O–H groups in total. The molecule has 21 heavy (non-hydrogen) atoms. The number of rotatable bonds is 5. The standard InChI is InChI=1S/C16H34N4O/c1-4-17-7-9-18(5-2)11-13-20(15-16-21)14-12-19(6-3)10-8-17/h16H,4-15H2,1-3H3. The minimum Gasteiger partial charge on any atom is -0.302 e. The smallest absolute Gasteiger partial charge is 0.133 e. The lowest BCUT2D eigenvalue weighted by atomic mass is 10.3. The molecular weight excluding hydrogens is 264 g/mol. The minimum absolute atomic E-state index is 0.566. The van der Waals surface area contributed by atoms with Gasteiger partial charge in [-0.3, -0.25) is 4.90 Å². The van der Waals surface area contributed by atoms with Crippen LogP contribution in [0.1, 0.15) is 20.8 Å². The monoisotopic (exact) mass is 298 g/mol. The SMILES string of the molecule is CCN1CCN(CC)CCN(CC=O)CCN(CC)CC1. The lowest BCUT2D eigenvalue weighted by Gasteiger charge is -2.32. The van der Waals surface area contributed by atoms with Crippen LogP contribution >= 0.6 is 0 Å². The molecule has 0 atom stereocenters. The van der Waals surface area contributed by atoms with E-state index in [0.717, 1.165) is 78.3 Å². The number of nitrogens with zero attached hydrogens (tertiary/aromatic N) is 4. The van der Waals surface area contributed by atoms with E-state index < -0.39 is 0 Å². The molecule has 1 aliphatic heterocycles. The third kappa shape index (κ3) is 7.36. The molecule has 5 heteroatoms. The molecule has 0 amide bonds. The number of aldehydes is 1. The summed E-state index contributed by atoms with van der Waals surface area (Å²) in [6.45, 7) is 19.3. The predicted octanol–water partition coefficient (Wildman–Crippen LogP) is 0.467. The van der Waals surface area contributed by atoms with Gasteiger partial charge < -0.3 is 19.5 Å². The first-order chi connectivity index (χ1) is 10.2. The van der Waals surface area contributed by atoms with E-state index in [9.17, 15) is 4.79 Å². The Morgan fingerprint density at radius 3 is 1.14 bits per heavy atom. The van der Waals surface area contributed by atoms with Gasteiger partial charge in [0.15, 0.2) is 0 Å². The van der Waals surface area contributed by atoms with Crippen molar-refractivity contribution in [2.75, 3.05) is 78.5 Å². The van der Waals surface area contributed by atoms with E-state index in [-0.39, 0.29) is 0 Å². The maximum absolute atomic E-state index is 10.9. The van der Waals surface area contributed by atoms with Crippen LogP contribution in [-0.2, 0) is 4.79 Å². The first kappa shape index (κ1) is 18.6. The molecule has 124 valence electrons. The van der Waals surface area contributed by atoms with Gasteiger partial charge in [0.05, 0.1) is 6.54 Å². The molecule has 0 bridgehead atoms. The maximum Gasteiger partial charge on any atom is 0.133 e. The van der Waals surface area contributed by atoms with Crippen molar-refractivity contribution in [2.45, 2.75) is 20.8 Å². The van der Waals surface area contributed by atoms with Crippen molar-refractivity contribution >= 4 is 6.29 Å². The van der Waals surface area contributed by atoms with Crippen LogP contribution in [0.2, 0.25) is 0 Å². The second-order valence-electron chi connectivity index (χ2n) is 5.77. The lowest BCUT2D eigenvalue weighted by molar-refractivity contribution is -0.109. The van der Waals surface area contributed by atoms with Crippen molar-refractivity contribution in [3.05, 3.63) is 0 Å². The van der Waals surface area contributed by atoms with Crippen LogP contribution in [0.15, 0.2) is 0 Å². The molecular formula is C16H34N4O. The first-order valence-electron chi connectivity index (χ1n) is 8.56. The van der Waals surface area contributed by atoms with Gasteiger partial charge in [-0.2, -0.15) is 0 Å². The van der Waals surface area contributed by atoms with Gasteiger partial charge in [-0.25, -0.2) is 0 Å². The van der Waals surface area contributed by atoms with Gasteiger partial charge in [0.2, 0.25) is 0 Å². The van der Waals surface area contributed by atoms with Crippen molar-refractivity contribution in [1.82, 2.24) is 19.6 Å². The fourth-order valence-corrected chi connectivity index (χ4v) is 2.82. The summed E-state index contributed by atoms with van der Waals surface area (Å²) >= 11 is 0. The fourth-order valence-electron chi connectivity index (χ4n) is 2.82. The third-order valence-corrected chi connectivity index (χ3v) is 4.60. The highest BCUT2D eigenvalue weighted by Crippen LogP contribution is 1.99. The summed E-state index contributed by atoms with van der Waals surface area (Å²) in [5.74, 6) is 0. The highest BCUT2D eigenvalue weighted by atomic mass is 16.1. The molecule has 0 unspecified atom stereocenters. The Kier molecular flexibility index (Phi) is 9.83. The molecule has 1 saturated heterocycles. The lowest BCUT2D eigenvalue weighted by Crippen LogP contribution is -2.46. The highest BCUT2D eigenvalue weighted by Gasteiger charge is 2.14. The average molecular weight is 298 g/mol. The minimum atomic E-state index is 0.566. The quantitative estimate of drug-likeness (QED) is 0.689. The summed E-state index contributed by atoms with van der Waals surface area (Å²) in [5, 5.41) is 0. The molecule has 0 spiro atoms. The number of carbonyl (C=O) groups is 1. The molecule has 5 nitrogen and oxygen atoms in total. The molecule has 0 aromatic carbocycles. The molecule has 1 fully saturated rings. The van der Waals surface area contributed by atoms with Gasteiger partial charge >= 0.3 is 0 Å². The van der Waals surface area contributed by atoms with Crippen molar-refractivity contribution in [2.24, 2.45) is 0 Å². The van der Waals surface area contributed by atoms with Crippen LogP contribution in [0.4, 0.5) is 0 Å². The van der Waals surface area contributed by atoms with Crippen LogP contribution < -0.4 is 0 Å². The maximum atomic E-state index is 10.9. The van der Waals surface area contributed by atoms with Crippen molar-refractivity contribution in [3.8, 4) is 0 Å². The second kappa shape index (κ2) is 11.1. The molecule has 0 aliphatic carbocycles. The summed E-state index contributed by atoms with van der Waals surface area (Å²) in [6, 6.07) is 0. The van der Waals surface area contributed by atoms with Gasteiger partial charge in [0.1, 0.15) is 6.29 Å². The van der Waals surface area contributed by atoms with Gasteiger partial charge in [0, 0.05) is 52.4 Å². The summed E-state index contributed by atoms with van der Waals surface area (Å²) in [7, 11) is 0. The molecule has 0 radical (unpaired) electrons. The van der Waals surface area contributed by atoms with Crippen LogP contribution in [0.3, 0.4) is 0 Å². The first-order valence-corrected chi connectivity index (χ1v) is 8.56.